The zero-order chi connectivity index (χ0) is 14.7. The van der Waals surface area contributed by atoms with Crippen LogP contribution in [0.3, 0.4) is 0 Å². The minimum absolute atomic E-state index is 0.0775. The van der Waals surface area contributed by atoms with Gasteiger partial charge in [-0.3, -0.25) is 4.79 Å². The third-order valence-corrected chi connectivity index (χ3v) is 2.89. The van der Waals surface area contributed by atoms with E-state index in [1.165, 1.54) is 24.3 Å². The highest BCUT2D eigenvalue weighted by molar-refractivity contribution is 6.33. The number of aromatic carboxylic acids is 1. The van der Waals surface area contributed by atoms with Crippen molar-refractivity contribution in [1.82, 2.24) is 5.32 Å². The van der Waals surface area contributed by atoms with Gasteiger partial charge in [0, 0.05) is 5.56 Å². The minimum Gasteiger partial charge on any atom is -0.475 e. The Kier molecular flexibility index (Phi) is 3.95. The molecule has 0 bridgehead atoms. The molecule has 1 amide bonds. The predicted octanol–water partition coefficient (Wildman–Crippen LogP) is 2.14. The van der Waals surface area contributed by atoms with Crippen molar-refractivity contribution in [3.63, 3.8) is 0 Å². The number of anilines is 1. The highest BCUT2D eigenvalue weighted by atomic mass is 35.5. The number of amides is 1. The van der Waals surface area contributed by atoms with Gasteiger partial charge in [0.2, 0.25) is 5.76 Å². The van der Waals surface area contributed by atoms with Crippen molar-refractivity contribution in [3.05, 3.63) is 52.4 Å². The molecule has 2 aromatic rings. The van der Waals surface area contributed by atoms with Crippen molar-refractivity contribution in [3.8, 4) is 0 Å². The van der Waals surface area contributed by atoms with Gasteiger partial charge in [-0.2, -0.15) is 0 Å². The zero-order valence-corrected chi connectivity index (χ0v) is 11.0. The number of rotatable bonds is 4. The molecule has 0 saturated heterocycles. The van der Waals surface area contributed by atoms with E-state index >= 15 is 0 Å². The molecule has 2 rings (SSSR count). The molecule has 7 heteroatoms. The van der Waals surface area contributed by atoms with Gasteiger partial charge in [-0.15, -0.1) is 0 Å². The van der Waals surface area contributed by atoms with Gasteiger partial charge in [0.05, 0.1) is 17.3 Å². The lowest BCUT2D eigenvalue weighted by Crippen LogP contribution is -2.22. The van der Waals surface area contributed by atoms with E-state index in [1.807, 2.05) is 0 Å². The first-order valence-corrected chi connectivity index (χ1v) is 6.00. The van der Waals surface area contributed by atoms with Crippen LogP contribution in [-0.4, -0.2) is 17.0 Å². The van der Waals surface area contributed by atoms with Crippen molar-refractivity contribution < 1.29 is 19.1 Å². The largest absolute Gasteiger partial charge is 0.475 e. The molecular formula is C13H11ClN2O4. The van der Waals surface area contributed by atoms with Crippen molar-refractivity contribution in [2.45, 2.75) is 6.54 Å². The summed E-state index contributed by atoms with van der Waals surface area (Å²) in [4.78, 5) is 22.5. The van der Waals surface area contributed by atoms with Crippen LogP contribution in [0.25, 0.3) is 0 Å². The molecule has 0 atom stereocenters. The molecule has 0 saturated carbocycles. The lowest BCUT2D eigenvalue weighted by atomic mass is 10.2. The molecule has 1 aromatic heterocycles. The third-order valence-electron chi connectivity index (χ3n) is 2.56. The van der Waals surface area contributed by atoms with Gasteiger partial charge in [-0.1, -0.05) is 11.6 Å². The van der Waals surface area contributed by atoms with Crippen LogP contribution in [0.15, 0.2) is 34.7 Å². The summed E-state index contributed by atoms with van der Waals surface area (Å²) in [7, 11) is 0. The first-order valence-electron chi connectivity index (χ1n) is 5.62. The van der Waals surface area contributed by atoms with E-state index in [4.69, 9.17) is 26.9 Å². The Labute approximate surface area is 119 Å². The topological polar surface area (TPSA) is 106 Å². The summed E-state index contributed by atoms with van der Waals surface area (Å²) in [5.41, 5.74) is 6.30. The van der Waals surface area contributed by atoms with E-state index < -0.39 is 5.97 Å². The van der Waals surface area contributed by atoms with Crippen LogP contribution in [0.4, 0.5) is 5.69 Å². The Morgan fingerprint density at radius 2 is 2.05 bits per heavy atom. The zero-order valence-electron chi connectivity index (χ0n) is 10.2. The number of nitrogens with one attached hydrogen (secondary N) is 1. The monoisotopic (exact) mass is 294 g/mol. The minimum atomic E-state index is -1.16. The molecular weight excluding hydrogens is 284 g/mol. The molecule has 0 aliphatic rings. The second kappa shape index (κ2) is 5.66. The second-order valence-electron chi connectivity index (χ2n) is 3.99. The Bertz CT molecular complexity index is 666. The molecule has 1 heterocycles. The summed E-state index contributed by atoms with van der Waals surface area (Å²) in [5, 5.41) is 11.6. The number of benzene rings is 1. The highest BCUT2D eigenvalue weighted by Crippen LogP contribution is 2.19. The fourth-order valence-corrected chi connectivity index (χ4v) is 1.71. The maximum atomic E-state index is 11.9. The number of nitrogens with two attached hydrogens (primary N) is 1. The molecule has 0 aliphatic heterocycles. The summed E-state index contributed by atoms with van der Waals surface area (Å²) in [5.74, 6) is -1.35. The fourth-order valence-electron chi connectivity index (χ4n) is 1.53. The normalized spacial score (nSPS) is 10.2. The maximum Gasteiger partial charge on any atom is 0.371 e. The quantitative estimate of drug-likeness (QED) is 0.749. The number of hydrogen-bond acceptors (Lipinski definition) is 4. The molecule has 6 nitrogen and oxygen atoms in total. The summed E-state index contributed by atoms with van der Waals surface area (Å²) < 4.78 is 5.01. The third kappa shape index (κ3) is 3.10. The fraction of sp³-hybridized carbons (Fsp3) is 0.0769. The van der Waals surface area contributed by atoms with E-state index in [9.17, 15) is 9.59 Å². The molecule has 104 valence electrons. The molecule has 0 aliphatic carbocycles. The van der Waals surface area contributed by atoms with Crippen LogP contribution in [0.5, 0.6) is 0 Å². The number of carboxylic acid groups (broad SMARTS) is 1. The van der Waals surface area contributed by atoms with E-state index in [0.29, 0.717) is 22.0 Å². The lowest BCUT2D eigenvalue weighted by molar-refractivity contribution is 0.0660. The number of carbonyl (C=O) groups excluding carboxylic acids is 1. The van der Waals surface area contributed by atoms with Gasteiger partial charge < -0.3 is 20.6 Å². The van der Waals surface area contributed by atoms with Crippen molar-refractivity contribution >= 4 is 29.2 Å². The summed E-state index contributed by atoms with van der Waals surface area (Å²) in [6, 6.07) is 7.34. The van der Waals surface area contributed by atoms with E-state index in [2.05, 4.69) is 5.32 Å². The van der Waals surface area contributed by atoms with Crippen LogP contribution < -0.4 is 11.1 Å². The maximum absolute atomic E-state index is 11.9. The molecule has 0 unspecified atom stereocenters. The molecule has 20 heavy (non-hydrogen) atoms. The Morgan fingerprint density at radius 1 is 1.30 bits per heavy atom. The van der Waals surface area contributed by atoms with Gasteiger partial charge in [0.1, 0.15) is 5.76 Å². The van der Waals surface area contributed by atoms with Gasteiger partial charge >= 0.3 is 5.97 Å². The van der Waals surface area contributed by atoms with Crippen molar-refractivity contribution in [2.24, 2.45) is 0 Å². The molecule has 0 fully saturated rings. The Hall–Kier alpha value is -2.47. The number of carbonyl (C=O) groups is 2. The number of halogens is 1. The number of hydrogen-bond donors (Lipinski definition) is 3. The second-order valence-corrected chi connectivity index (χ2v) is 4.40. The average molecular weight is 295 g/mol. The summed E-state index contributed by atoms with van der Waals surface area (Å²) in [6.07, 6.45) is 0. The van der Waals surface area contributed by atoms with Gasteiger partial charge in [-0.25, -0.2) is 4.79 Å². The Morgan fingerprint density at radius 3 is 2.65 bits per heavy atom. The number of furan rings is 1. The van der Waals surface area contributed by atoms with Crippen LogP contribution in [0, 0.1) is 0 Å². The van der Waals surface area contributed by atoms with Crippen molar-refractivity contribution in [1.29, 1.82) is 0 Å². The van der Waals surface area contributed by atoms with Crippen LogP contribution in [0.2, 0.25) is 5.02 Å². The number of carboxylic acids is 1. The standard InChI is InChI=1S/C13H11ClN2O4/c14-9-5-7(1-3-10(9)15)12(17)16-6-8-2-4-11(20-8)13(18)19/h1-5H,6,15H2,(H,16,17)(H,18,19). The Balaban J connectivity index is 2.00. The summed E-state index contributed by atoms with van der Waals surface area (Å²) >= 11 is 5.82. The molecule has 0 spiro atoms. The van der Waals surface area contributed by atoms with E-state index in [1.54, 1.807) is 6.07 Å². The first-order chi connectivity index (χ1) is 9.47. The van der Waals surface area contributed by atoms with Crippen molar-refractivity contribution in [2.75, 3.05) is 5.73 Å². The lowest BCUT2D eigenvalue weighted by Gasteiger charge is -2.05. The van der Waals surface area contributed by atoms with E-state index in [0.717, 1.165) is 0 Å². The SMILES string of the molecule is Nc1ccc(C(=O)NCc2ccc(C(=O)O)o2)cc1Cl. The average Bonchev–Trinajstić information content (AvgIpc) is 2.88. The van der Waals surface area contributed by atoms with Crippen LogP contribution in [0.1, 0.15) is 26.7 Å². The van der Waals surface area contributed by atoms with Gasteiger partial charge in [0.25, 0.3) is 5.91 Å². The van der Waals surface area contributed by atoms with Gasteiger partial charge in [0.15, 0.2) is 0 Å². The molecule has 0 radical (unpaired) electrons. The summed E-state index contributed by atoms with van der Waals surface area (Å²) in [6.45, 7) is 0.0775. The van der Waals surface area contributed by atoms with Crippen LogP contribution in [-0.2, 0) is 6.54 Å². The first kappa shape index (κ1) is 14.0. The van der Waals surface area contributed by atoms with Crippen LogP contribution >= 0.6 is 11.6 Å². The molecule has 4 N–H and O–H groups in total. The predicted molar refractivity (Wildman–Crippen MR) is 72.7 cm³/mol. The highest BCUT2D eigenvalue weighted by Gasteiger charge is 2.11. The van der Waals surface area contributed by atoms with Gasteiger partial charge in [-0.05, 0) is 30.3 Å². The number of nitrogen functional groups attached to an aromatic ring is 1. The van der Waals surface area contributed by atoms with E-state index in [-0.39, 0.29) is 18.2 Å². The molecule has 1 aromatic carbocycles. The smallest absolute Gasteiger partial charge is 0.371 e.